The molecule has 18 heavy (non-hydrogen) atoms. The molecule has 2 nitrogen and oxygen atoms in total. The molecule has 0 aromatic heterocycles. The Bertz CT molecular complexity index is 399. The third kappa shape index (κ3) is 3.39. The molecular weight excluding hydrogens is 244 g/mol. The fourth-order valence-electron chi connectivity index (χ4n) is 1.95. The first-order chi connectivity index (χ1) is 8.29. The van der Waals surface area contributed by atoms with E-state index >= 15 is 0 Å². The zero-order valence-corrected chi connectivity index (χ0v) is 12.9. The second-order valence-corrected chi connectivity index (χ2v) is 6.05. The van der Waals surface area contributed by atoms with Crippen molar-refractivity contribution in [2.24, 2.45) is 5.73 Å². The highest BCUT2D eigenvalue weighted by Gasteiger charge is 2.24. The van der Waals surface area contributed by atoms with Crippen molar-refractivity contribution in [2.45, 2.75) is 52.1 Å². The molecule has 1 atom stereocenters. The molecule has 2 N–H and O–H groups in total. The highest BCUT2D eigenvalue weighted by atomic mass is 35.5. The summed E-state index contributed by atoms with van der Waals surface area (Å²) in [7, 11) is 2.12. The van der Waals surface area contributed by atoms with Gasteiger partial charge in [0.05, 0.1) is 0 Å². The Morgan fingerprint density at radius 3 is 2.50 bits per heavy atom. The average molecular weight is 269 g/mol. The van der Waals surface area contributed by atoms with Crippen LogP contribution in [0.1, 0.15) is 39.7 Å². The molecule has 0 aliphatic heterocycles. The van der Waals surface area contributed by atoms with Crippen molar-refractivity contribution in [3.8, 4) is 0 Å². The molecule has 0 amide bonds. The number of rotatable bonds is 5. The van der Waals surface area contributed by atoms with Gasteiger partial charge in [-0.25, -0.2) is 0 Å². The summed E-state index contributed by atoms with van der Waals surface area (Å²) >= 11 is 6.33. The van der Waals surface area contributed by atoms with E-state index in [9.17, 15) is 0 Å². The second-order valence-electron chi connectivity index (χ2n) is 5.64. The van der Waals surface area contributed by atoms with Gasteiger partial charge in [0.1, 0.15) is 0 Å². The number of hydrogen-bond acceptors (Lipinski definition) is 2. The Labute approximate surface area is 116 Å². The van der Waals surface area contributed by atoms with Gasteiger partial charge < -0.3 is 10.6 Å². The Morgan fingerprint density at radius 1 is 1.39 bits per heavy atom. The van der Waals surface area contributed by atoms with E-state index in [1.54, 1.807) is 0 Å². The van der Waals surface area contributed by atoms with E-state index in [-0.39, 0.29) is 11.6 Å². The maximum atomic E-state index is 6.33. The minimum atomic E-state index is 0.108. The Kier molecular flexibility index (Phi) is 5.06. The fraction of sp³-hybridized carbons (Fsp3) is 0.600. The van der Waals surface area contributed by atoms with Gasteiger partial charge in [-0.2, -0.15) is 0 Å². The van der Waals surface area contributed by atoms with Gasteiger partial charge in [0.2, 0.25) is 0 Å². The van der Waals surface area contributed by atoms with Gasteiger partial charge in [-0.3, -0.25) is 0 Å². The van der Waals surface area contributed by atoms with E-state index in [1.165, 1.54) is 5.69 Å². The lowest BCUT2D eigenvalue weighted by atomic mass is 9.96. The van der Waals surface area contributed by atoms with Crippen LogP contribution in [0.5, 0.6) is 0 Å². The maximum Gasteiger partial charge on any atom is 0.0459 e. The Hall–Kier alpha value is -0.730. The molecule has 0 bridgehead atoms. The number of nitrogens with zero attached hydrogens (tertiary/aromatic N) is 1. The number of benzene rings is 1. The van der Waals surface area contributed by atoms with Crippen molar-refractivity contribution in [1.29, 1.82) is 0 Å². The number of anilines is 1. The number of halogens is 1. The number of hydrogen-bond donors (Lipinski definition) is 1. The molecule has 3 heteroatoms. The Morgan fingerprint density at radius 2 is 2.00 bits per heavy atom. The zero-order chi connectivity index (χ0) is 13.9. The van der Waals surface area contributed by atoms with Crippen LogP contribution in [0.2, 0.25) is 5.02 Å². The third-order valence-corrected chi connectivity index (χ3v) is 4.11. The molecule has 0 spiro atoms. The van der Waals surface area contributed by atoms with Gasteiger partial charge >= 0.3 is 0 Å². The maximum absolute atomic E-state index is 6.33. The Balaban J connectivity index is 3.19. The molecule has 1 aromatic rings. The van der Waals surface area contributed by atoms with E-state index < -0.39 is 0 Å². The van der Waals surface area contributed by atoms with Crippen LogP contribution in [-0.4, -0.2) is 18.6 Å². The molecule has 102 valence electrons. The van der Waals surface area contributed by atoms with Crippen LogP contribution in [0.4, 0.5) is 5.69 Å². The van der Waals surface area contributed by atoms with Crippen LogP contribution in [-0.2, 0) is 6.42 Å². The van der Waals surface area contributed by atoms with Gasteiger partial charge in [0.15, 0.2) is 0 Å². The van der Waals surface area contributed by atoms with Gasteiger partial charge in [0.25, 0.3) is 0 Å². The number of nitrogens with two attached hydrogens (primary N) is 1. The summed E-state index contributed by atoms with van der Waals surface area (Å²) in [5.74, 6) is 0. The molecule has 1 aromatic carbocycles. The quantitative estimate of drug-likeness (QED) is 0.879. The summed E-state index contributed by atoms with van der Waals surface area (Å²) in [5, 5.41) is 0.809. The predicted octanol–water partition coefficient (Wildman–Crippen LogP) is 3.85. The molecule has 0 aliphatic carbocycles. The first kappa shape index (κ1) is 15.3. The SMILES string of the molecule is CCC(C)(C)N(C)c1cccc(Cl)c1CC(C)N. The van der Waals surface area contributed by atoms with Crippen LogP contribution in [0.3, 0.4) is 0 Å². The fourth-order valence-corrected chi connectivity index (χ4v) is 2.20. The van der Waals surface area contributed by atoms with Gasteiger partial charge in [-0.15, -0.1) is 0 Å². The summed E-state index contributed by atoms with van der Waals surface area (Å²) < 4.78 is 0. The lowest BCUT2D eigenvalue weighted by molar-refractivity contribution is 0.469. The minimum Gasteiger partial charge on any atom is -0.369 e. The van der Waals surface area contributed by atoms with Crippen LogP contribution >= 0.6 is 11.6 Å². The van der Waals surface area contributed by atoms with E-state index in [0.717, 1.165) is 23.4 Å². The molecule has 0 heterocycles. The first-order valence-electron chi connectivity index (χ1n) is 6.56. The minimum absolute atomic E-state index is 0.108. The predicted molar refractivity (Wildman–Crippen MR) is 81.6 cm³/mol. The summed E-state index contributed by atoms with van der Waals surface area (Å²) in [4.78, 5) is 2.30. The van der Waals surface area contributed by atoms with Gasteiger partial charge in [-0.1, -0.05) is 24.6 Å². The van der Waals surface area contributed by atoms with Crippen LogP contribution < -0.4 is 10.6 Å². The summed E-state index contributed by atoms with van der Waals surface area (Å²) in [6, 6.07) is 6.18. The van der Waals surface area contributed by atoms with Crippen LogP contribution in [0, 0.1) is 0 Å². The van der Waals surface area contributed by atoms with Crippen molar-refractivity contribution < 1.29 is 0 Å². The standard InChI is InChI=1S/C15H25ClN2/c1-6-15(3,4)18(5)14-9-7-8-13(16)12(14)10-11(2)17/h7-9,11H,6,10,17H2,1-5H3. The van der Waals surface area contributed by atoms with Crippen molar-refractivity contribution >= 4 is 17.3 Å². The molecule has 0 saturated carbocycles. The molecule has 1 rings (SSSR count). The molecule has 0 fully saturated rings. The third-order valence-electron chi connectivity index (χ3n) is 3.75. The van der Waals surface area contributed by atoms with Crippen molar-refractivity contribution in [1.82, 2.24) is 0 Å². The van der Waals surface area contributed by atoms with Crippen LogP contribution in [0.25, 0.3) is 0 Å². The summed E-state index contributed by atoms with van der Waals surface area (Å²) in [5.41, 5.74) is 8.37. The van der Waals surface area contributed by atoms with Gasteiger partial charge in [0, 0.05) is 29.3 Å². The van der Waals surface area contributed by atoms with Crippen molar-refractivity contribution in [3.05, 3.63) is 28.8 Å². The van der Waals surface area contributed by atoms with E-state index in [4.69, 9.17) is 17.3 Å². The first-order valence-corrected chi connectivity index (χ1v) is 6.94. The van der Waals surface area contributed by atoms with Crippen molar-refractivity contribution in [3.63, 3.8) is 0 Å². The van der Waals surface area contributed by atoms with Gasteiger partial charge in [-0.05, 0) is 51.3 Å². The van der Waals surface area contributed by atoms with E-state index in [0.29, 0.717) is 0 Å². The molecule has 1 unspecified atom stereocenters. The highest BCUT2D eigenvalue weighted by Crippen LogP contribution is 2.32. The second kappa shape index (κ2) is 5.94. The topological polar surface area (TPSA) is 29.3 Å². The molecule has 0 aliphatic rings. The van der Waals surface area contributed by atoms with E-state index in [1.807, 2.05) is 19.1 Å². The summed E-state index contributed by atoms with van der Waals surface area (Å²) in [6.07, 6.45) is 1.88. The summed E-state index contributed by atoms with van der Waals surface area (Å²) in [6.45, 7) is 8.69. The smallest absolute Gasteiger partial charge is 0.0459 e. The zero-order valence-electron chi connectivity index (χ0n) is 12.1. The molecular formula is C15H25ClN2. The van der Waals surface area contributed by atoms with Crippen LogP contribution in [0.15, 0.2) is 18.2 Å². The van der Waals surface area contributed by atoms with Crippen molar-refractivity contribution in [2.75, 3.05) is 11.9 Å². The highest BCUT2D eigenvalue weighted by molar-refractivity contribution is 6.31. The molecule has 0 saturated heterocycles. The average Bonchev–Trinajstić information content (AvgIpc) is 2.30. The molecule has 0 radical (unpaired) electrons. The van der Waals surface area contributed by atoms with E-state index in [2.05, 4.69) is 38.8 Å². The monoisotopic (exact) mass is 268 g/mol. The largest absolute Gasteiger partial charge is 0.369 e. The lowest BCUT2D eigenvalue weighted by Gasteiger charge is -2.38. The normalized spacial score (nSPS) is 13.5. The lowest BCUT2D eigenvalue weighted by Crippen LogP contribution is -2.41.